The Hall–Kier alpha value is -4.41. The second-order valence-electron chi connectivity index (χ2n) is 7.48. The van der Waals surface area contributed by atoms with Gasteiger partial charge in [0, 0.05) is 23.1 Å². The van der Waals surface area contributed by atoms with E-state index in [1.165, 1.54) is 0 Å². The molecule has 0 atom stereocenters. The molecule has 33 heavy (non-hydrogen) atoms. The van der Waals surface area contributed by atoms with Crippen molar-refractivity contribution in [2.24, 2.45) is 0 Å². The molecule has 0 saturated heterocycles. The molecular formula is C25H18ClN7. The van der Waals surface area contributed by atoms with E-state index in [4.69, 9.17) is 32.6 Å². The Kier molecular flexibility index (Phi) is 5.35. The van der Waals surface area contributed by atoms with Crippen LogP contribution in [0, 0.1) is 11.3 Å². The number of fused-ring (bicyclic) bond motifs is 1. The molecule has 8 heteroatoms. The first-order valence-electron chi connectivity index (χ1n) is 10.2. The van der Waals surface area contributed by atoms with Gasteiger partial charge in [0.1, 0.15) is 0 Å². The van der Waals surface area contributed by atoms with Crippen LogP contribution in [-0.2, 0) is 6.54 Å². The van der Waals surface area contributed by atoms with Gasteiger partial charge in [-0.2, -0.15) is 10.4 Å². The second kappa shape index (κ2) is 8.61. The topological polar surface area (TPSA) is 116 Å². The lowest BCUT2D eigenvalue weighted by molar-refractivity contribution is 1.10. The van der Waals surface area contributed by atoms with Crippen LogP contribution in [0.4, 0.5) is 11.6 Å². The molecule has 2 aromatic heterocycles. The van der Waals surface area contributed by atoms with Crippen LogP contribution in [-0.4, -0.2) is 20.2 Å². The number of hydrogen-bond acceptors (Lipinski definition) is 6. The molecule has 0 fully saturated rings. The zero-order valence-corrected chi connectivity index (χ0v) is 18.1. The predicted octanol–water partition coefficient (Wildman–Crippen LogP) is 5.41. The van der Waals surface area contributed by atoms with E-state index in [-0.39, 0.29) is 0 Å². The van der Waals surface area contributed by atoms with Gasteiger partial charge >= 0.3 is 0 Å². The fraction of sp³-hybridized carbons (Fsp3) is 0.0400. The van der Waals surface area contributed by atoms with Crippen molar-refractivity contribution in [3.05, 3.63) is 89.1 Å². The number of nitrogens with zero attached hydrogens (tertiary/aromatic N) is 4. The molecule has 160 valence electrons. The zero-order valence-electron chi connectivity index (χ0n) is 17.4. The fourth-order valence-corrected chi connectivity index (χ4v) is 3.88. The lowest BCUT2D eigenvalue weighted by Gasteiger charge is -2.15. The summed E-state index contributed by atoms with van der Waals surface area (Å²) in [6.45, 7) is 0.482. The van der Waals surface area contributed by atoms with Gasteiger partial charge in [-0.3, -0.25) is 5.10 Å². The first-order chi connectivity index (χ1) is 16.1. The lowest BCUT2D eigenvalue weighted by Crippen LogP contribution is -2.08. The Bertz CT molecular complexity index is 1490. The molecule has 4 N–H and O–H groups in total. The maximum absolute atomic E-state index is 8.99. The van der Waals surface area contributed by atoms with Crippen molar-refractivity contribution in [2.45, 2.75) is 6.54 Å². The highest BCUT2D eigenvalue weighted by atomic mass is 35.5. The minimum atomic E-state index is 0.293. The predicted molar refractivity (Wildman–Crippen MR) is 130 cm³/mol. The van der Waals surface area contributed by atoms with Gasteiger partial charge in [-0.25, -0.2) is 9.97 Å². The third kappa shape index (κ3) is 4.07. The first-order valence-corrected chi connectivity index (χ1v) is 10.6. The number of rotatable bonds is 5. The number of benzene rings is 3. The van der Waals surface area contributed by atoms with E-state index in [0.717, 1.165) is 27.6 Å². The van der Waals surface area contributed by atoms with E-state index in [0.29, 0.717) is 40.2 Å². The average molecular weight is 452 g/mol. The molecule has 7 nitrogen and oxygen atoms in total. The van der Waals surface area contributed by atoms with Crippen LogP contribution in [0.5, 0.6) is 0 Å². The molecule has 0 amide bonds. The summed E-state index contributed by atoms with van der Waals surface area (Å²) in [7, 11) is 0. The monoisotopic (exact) mass is 451 g/mol. The molecule has 0 saturated carbocycles. The minimum Gasteiger partial charge on any atom is -0.381 e. The van der Waals surface area contributed by atoms with Crippen molar-refractivity contribution in [2.75, 3.05) is 11.1 Å². The SMILES string of the molecule is N#Cc1ccc(CNc2nc(-c3cc(Cl)c4[nH]ncc4c3)c(-c3ccccc3)nc2N)cc1. The number of H-pyrrole nitrogens is 1. The Balaban J connectivity index is 1.59. The normalized spacial score (nSPS) is 10.8. The summed E-state index contributed by atoms with van der Waals surface area (Å²) < 4.78 is 0. The molecule has 5 aromatic rings. The Labute approximate surface area is 194 Å². The van der Waals surface area contributed by atoms with Crippen molar-refractivity contribution in [3.8, 4) is 28.6 Å². The summed E-state index contributed by atoms with van der Waals surface area (Å²) in [4.78, 5) is 9.56. The maximum atomic E-state index is 8.99. The number of nitrogens with two attached hydrogens (primary N) is 1. The highest BCUT2D eigenvalue weighted by molar-refractivity contribution is 6.35. The molecule has 2 heterocycles. The number of aromatic nitrogens is 4. The minimum absolute atomic E-state index is 0.293. The molecular weight excluding hydrogens is 434 g/mol. The van der Waals surface area contributed by atoms with Crippen LogP contribution in [0.2, 0.25) is 5.02 Å². The van der Waals surface area contributed by atoms with E-state index in [2.05, 4.69) is 21.6 Å². The molecule has 0 spiro atoms. The summed E-state index contributed by atoms with van der Waals surface area (Å²) in [5, 5.41) is 20.7. The number of nitrogen functional groups attached to an aromatic ring is 1. The lowest BCUT2D eigenvalue weighted by atomic mass is 10.0. The second-order valence-corrected chi connectivity index (χ2v) is 7.88. The van der Waals surface area contributed by atoms with E-state index in [9.17, 15) is 0 Å². The summed E-state index contributed by atoms with van der Waals surface area (Å²) in [5.41, 5.74) is 11.7. The van der Waals surface area contributed by atoms with Crippen LogP contribution < -0.4 is 11.1 Å². The van der Waals surface area contributed by atoms with Crippen LogP contribution in [0.25, 0.3) is 33.4 Å². The van der Waals surface area contributed by atoms with Gasteiger partial charge in [-0.15, -0.1) is 0 Å². The molecule has 0 radical (unpaired) electrons. The first kappa shape index (κ1) is 20.5. The molecule has 0 aliphatic heterocycles. The Morgan fingerprint density at radius 2 is 1.73 bits per heavy atom. The number of nitrogens with one attached hydrogen (secondary N) is 2. The third-order valence-electron chi connectivity index (χ3n) is 5.29. The molecule has 5 rings (SSSR count). The molecule has 3 aromatic carbocycles. The van der Waals surface area contributed by atoms with Gasteiger partial charge in [0.2, 0.25) is 0 Å². The fourth-order valence-electron chi connectivity index (χ4n) is 3.61. The standard InChI is InChI=1S/C25H18ClN7/c26-20-11-18(10-19-14-30-33-21(19)20)23-22(17-4-2-1-3-5-17)31-24(28)25(32-23)29-13-16-8-6-15(12-27)7-9-16/h1-11,14H,13H2,(H2,28,31)(H,29,32)(H,30,33). The van der Waals surface area contributed by atoms with Gasteiger partial charge in [0.15, 0.2) is 11.6 Å². The van der Waals surface area contributed by atoms with Gasteiger partial charge < -0.3 is 11.1 Å². The van der Waals surface area contributed by atoms with Gasteiger partial charge in [-0.05, 0) is 29.8 Å². The van der Waals surface area contributed by atoms with Crippen LogP contribution in [0.1, 0.15) is 11.1 Å². The summed E-state index contributed by atoms with van der Waals surface area (Å²) >= 11 is 6.51. The highest BCUT2D eigenvalue weighted by Crippen LogP contribution is 2.35. The molecule has 0 unspecified atom stereocenters. The van der Waals surface area contributed by atoms with Crippen LogP contribution >= 0.6 is 11.6 Å². The number of anilines is 2. The number of nitriles is 1. The molecule has 0 aliphatic carbocycles. The number of halogens is 1. The van der Waals surface area contributed by atoms with E-state index >= 15 is 0 Å². The largest absolute Gasteiger partial charge is 0.381 e. The van der Waals surface area contributed by atoms with Crippen LogP contribution in [0.3, 0.4) is 0 Å². The van der Waals surface area contributed by atoms with Gasteiger partial charge in [0.05, 0.1) is 39.8 Å². The Morgan fingerprint density at radius 3 is 2.48 bits per heavy atom. The van der Waals surface area contributed by atoms with Crippen molar-refractivity contribution in [1.82, 2.24) is 20.2 Å². The third-order valence-corrected chi connectivity index (χ3v) is 5.59. The van der Waals surface area contributed by atoms with Crippen LogP contribution in [0.15, 0.2) is 72.9 Å². The highest BCUT2D eigenvalue weighted by Gasteiger charge is 2.17. The smallest absolute Gasteiger partial charge is 0.169 e. The van der Waals surface area contributed by atoms with Gasteiger partial charge in [-0.1, -0.05) is 54.1 Å². The summed E-state index contributed by atoms with van der Waals surface area (Å²) in [5.74, 6) is 0.763. The van der Waals surface area contributed by atoms with Crippen molar-refractivity contribution < 1.29 is 0 Å². The van der Waals surface area contributed by atoms with E-state index in [1.807, 2.05) is 54.6 Å². The molecule has 0 bridgehead atoms. The maximum Gasteiger partial charge on any atom is 0.169 e. The van der Waals surface area contributed by atoms with Crippen molar-refractivity contribution in [3.63, 3.8) is 0 Å². The summed E-state index contributed by atoms with van der Waals surface area (Å²) in [6.07, 6.45) is 1.72. The summed E-state index contributed by atoms with van der Waals surface area (Å²) in [6, 6.07) is 23.0. The average Bonchev–Trinajstić information content (AvgIpc) is 3.33. The van der Waals surface area contributed by atoms with Crippen molar-refractivity contribution >= 4 is 34.1 Å². The number of aromatic amines is 1. The zero-order chi connectivity index (χ0) is 22.8. The van der Waals surface area contributed by atoms with E-state index in [1.54, 1.807) is 18.3 Å². The van der Waals surface area contributed by atoms with E-state index < -0.39 is 0 Å². The Morgan fingerprint density at radius 1 is 0.970 bits per heavy atom. The quantitative estimate of drug-likeness (QED) is 0.329. The van der Waals surface area contributed by atoms with Crippen molar-refractivity contribution in [1.29, 1.82) is 5.26 Å². The number of hydrogen-bond donors (Lipinski definition) is 3. The molecule has 0 aliphatic rings. The van der Waals surface area contributed by atoms with Gasteiger partial charge in [0.25, 0.3) is 0 Å².